The summed E-state index contributed by atoms with van der Waals surface area (Å²) in [4.78, 5) is 16.3. The van der Waals surface area contributed by atoms with Crippen LogP contribution in [-0.4, -0.2) is 75.1 Å². The lowest BCUT2D eigenvalue weighted by molar-refractivity contribution is -0.137. The van der Waals surface area contributed by atoms with Gasteiger partial charge in [-0.05, 0) is 30.0 Å². The summed E-state index contributed by atoms with van der Waals surface area (Å²) < 4.78 is 68.3. The summed E-state index contributed by atoms with van der Waals surface area (Å²) in [7, 11) is -3.25. The Hall–Kier alpha value is -1.81. The third-order valence-corrected chi connectivity index (χ3v) is 7.59. The molecule has 2 unspecified atom stereocenters. The number of nitrogens with zero attached hydrogens (tertiary/aromatic N) is 2. The van der Waals surface area contributed by atoms with Gasteiger partial charge >= 0.3 is 12.2 Å². The average molecular weight is 449 g/mol. The van der Waals surface area contributed by atoms with Crippen LogP contribution in [0.1, 0.15) is 30.4 Å². The van der Waals surface area contributed by atoms with Crippen molar-refractivity contribution >= 4 is 15.9 Å². The molecule has 30 heavy (non-hydrogen) atoms. The van der Waals surface area contributed by atoms with Crippen LogP contribution in [0.25, 0.3) is 0 Å². The minimum Gasteiger partial charge on any atom is -0.378 e. The van der Waals surface area contributed by atoms with Gasteiger partial charge in [-0.1, -0.05) is 19.1 Å². The van der Waals surface area contributed by atoms with Gasteiger partial charge in [0, 0.05) is 37.8 Å². The lowest BCUT2D eigenvalue weighted by Crippen LogP contribution is -2.53. The van der Waals surface area contributed by atoms with Gasteiger partial charge in [0.15, 0.2) is 0 Å². The van der Waals surface area contributed by atoms with E-state index in [9.17, 15) is 26.4 Å². The van der Waals surface area contributed by atoms with Crippen molar-refractivity contribution in [3.8, 4) is 0 Å². The van der Waals surface area contributed by atoms with E-state index in [0.717, 1.165) is 12.1 Å². The highest BCUT2D eigenvalue weighted by atomic mass is 32.2. The van der Waals surface area contributed by atoms with Gasteiger partial charge in [-0.25, -0.2) is 13.2 Å². The predicted octanol–water partition coefficient (Wildman–Crippen LogP) is 3.00. The molecular weight excluding hydrogens is 421 g/mol. The fourth-order valence-electron chi connectivity index (χ4n) is 4.10. The molecule has 2 aliphatic heterocycles. The first-order valence-corrected chi connectivity index (χ1v) is 11.9. The molecular formula is C20H27F3N2O4S. The molecule has 0 bridgehead atoms. The van der Waals surface area contributed by atoms with Gasteiger partial charge in [-0.3, -0.25) is 0 Å². The molecule has 2 fully saturated rings. The Morgan fingerprint density at radius 1 is 1.10 bits per heavy atom. The van der Waals surface area contributed by atoms with E-state index in [4.69, 9.17) is 4.74 Å². The third-order valence-electron chi connectivity index (χ3n) is 5.73. The zero-order valence-corrected chi connectivity index (χ0v) is 17.7. The van der Waals surface area contributed by atoms with E-state index >= 15 is 0 Å². The molecule has 1 aromatic carbocycles. The lowest BCUT2D eigenvalue weighted by atomic mass is 9.85. The van der Waals surface area contributed by atoms with Crippen molar-refractivity contribution in [3.05, 3.63) is 35.4 Å². The number of benzene rings is 1. The summed E-state index contributed by atoms with van der Waals surface area (Å²) in [6.45, 7) is 4.11. The van der Waals surface area contributed by atoms with Crippen LogP contribution >= 0.6 is 0 Å². The molecule has 0 aliphatic carbocycles. The smallest absolute Gasteiger partial charge is 0.378 e. The van der Waals surface area contributed by atoms with Crippen LogP contribution in [0.5, 0.6) is 0 Å². The number of urea groups is 1. The van der Waals surface area contributed by atoms with Crippen molar-refractivity contribution in [3.63, 3.8) is 0 Å². The standard InChI is InChI=1S/C20H27F3N2O4S/c1-2-30(27,28)14-15-11-17(16-3-5-18(6-4-16)20(21,22)23)13-25(12-15)19(26)24-7-9-29-10-8-24/h3-6,15,17H,2,7-14H2,1H3. The molecule has 2 heterocycles. The zero-order valence-electron chi connectivity index (χ0n) is 16.9. The van der Waals surface area contributed by atoms with Crippen molar-refractivity contribution < 1.29 is 31.1 Å². The highest BCUT2D eigenvalue weighted by Crippen LogP contribution is 2.34. The van der Waals surface area contributed by atoms with E-state index in [1.54, 1.807) is 16.7 Å². The van der Waals surface area contributed by atoms with Gasteiger partial charge in [0.05, 0.1) is 24.5 Å². The first-order chi connectivity index (χ1) is 14.1. The van der Waals surface area contributed by atoms with Crippen molar-refractivity contribution in [2.75, 3.05) is 50.9 Å². The summed E-state index contributed by atoms with van der Waals surface area (Å²) >= 11 is 0. The molecule has 0 radical (unpaired) electrons. The minimum absolute atomic E-state index is 0.0197. The Balaban J connectivity index is 1.81. The average Bonchev–Trinajstić information content (AvgIpc) is 2.73. The Labute approximate surface area is 174 Å². The van der Waals surface area contributed by atoms with Crippen LogP contribution in [0, 0.1) is 5.92 Å². The number of alkyl halides is 3. The van der Waals surface area contributed by atoms with Crippen molar-refractivity contribution in [1.29, 1.82) is 0 Å². The quantitative estimate of drug-likeness (QED) is 0.710. The topological polar surface area (TPSA) is 66.9 Å². The summed E-state index contributed by atoms with van der Waals surface area (Å²) in [5.41, 5.74) is -0.0465. The van der Waals surface area contributed by atoms with Crippen LogP contribution in [0.2, 0.25) is 0 Å². The van der Waals surface area contributed by atoms with Gasteiger partial charge in [-0.15, -0.1) is 0 Å². The highest BCUT2D eigenvalue weighted by Gasteiger charge is 2.36. The van der Waals surface area contributed by atoms with Gasteiger partial charge < -0.3 is 14.5 Å². The molecule has 2 saturated heterocycles. The van der Waals surface area contributed by atoms with Crippen LogP contribution in [0.15, 0.2) is 24.3 Å². The monoisotopic (exact) mass is 448 g/mol. The molecule has 3 rings (SSSR count). The third kappa shape index (κ3) is 5.66. The van der Waals surface area contributed by atoms with E-state index < -0.39 is 21.6 Å². The molecule has 2 atom stereocenters. The molecule has 168 valence electrons. The minimum atomic E-state index is -4.42. The molecule has 0 N–H and O–H groups in total. The number of piperidine rings is 1. The van der Waals surface area contributed by atoms with E-state index in [2.05, 4.69) is 0 Å². The Bertz CT molecular complexity index is 837. The number of halogens is 3. The SMILES string of the molecule is CCS(=O)(=O)CC1CC(c2ccc(C(F)(F)F)cc2)CN(C(=O)N2CCOCC2)C1. The number of amides is 2. The van der Waals surface area contributed by atoms with Gasteiger partial charge in [-0.2, -0.15) is 13.2 Å². The summed E-state index contributed by atoms with van der Waals surface area (Å²) in [5, 5.41) is 0. The van der Waals surface area contributed by atoms with E-state index in [1.807, 2.05) is 0 Å². The molecule has 1 aromatic rings. The Morgan fingerprint density at radius 2 is 1.73 bits per heavy atom. The van der Waals surface area contributed by atoms with Crippen LogP contribution < -0.4 is 0 Å². The van der Waals surface area contributed by atoms with E-state index in [1.165, 1.54) is 12.1 Å². The molecule has 0 aromatic heterocycles. The molecule has 0 saturated carbocycles. The number of rotatable bonds is 4. The Morgan fingerprint density at radius 3 is 2.30 bits per heavy atom. The predicted molar refractivity (Wildman–Crippen MR) is 106 cm³/mol. The number of hydrogen-bond donors (Lipinski definition) is 0. The van der Waals surface area contributed by atoms with Crippen LogP contribution in [-0.2, 0) is 20.8 Å². The second kappa shape index (κ2) is 9.13. The number of hydrogen-bond acceptors (Lipinski definition) is 4. The molecule has 10 heteroatoms. The Kier molecular flexibility index (Phi) is 6.96. The normalized spacial score (nSPS) is 23.5. The number of carbonyl (C=O) groups is 1. The first-order valence-electron chi connectivity index (χ1n) is 10.1. The van der Waals surface area contributed by atoms with Gasteiger partial charge in [0.25, 0.3) is 0 Å². The maximum atomic E-state index is 13.0. The lowest BCUT2D eigenvalue weighted by Gasteiger charge is -2.41. The van der Waals surface area contributed by atoms with Crippen LogP contribution in [0.4, 0.5) is 18.0 Å². The fraction of sp³-hybridized carbons (Fsp3) is 0.650. The number of carbonyl (C=O) groups excluding carboxylic acids is 1. The number of morpholine rings is 1. The molecule has 2 aliphatic rings. The summed E-state index contributed by atoms with van der Waals surface area (Å²) in [6, 6.07) is 4.77. The van der Waals surface area contributed by atoms with Gasteiger partial charge in [0.2, 0.25) is 0 Å². The number of ether oxygens (including phenoxy) is 1. The maximum absolute atomic E-state index is 13.0. The van der Waals surface area contributed by atoms with E-state index in [-0.39, 0.29) is 29.4 Å². The molecule has 2 amide bonds. The highest BCUT2D eigenvalue weighted by molar-refractivity contribution is 7.91. The summed E-state index contributed by atoms with van der Waals surface area (Å²) in [6.07, 6.45) is -3.90. The first kappa shape index (κ1) is 22.9. The fourth-order valence-corrected chi connectivity index (χ4v) is 5.29. The van der Waals surface area contributed by atoms with Crippen molar-refractivity contribution in [2.45, 2.75) is 25.4 Å². The molecule has 0 spiro atoms. The second-order valence-electron chi connectivity index (χ2n) is 7.90. The van der Waals surface area contributed by atoms with Crippen LogP contribution in [0.3, 0.4) is 0 Å². The zero-order chi connectivity index (χ0) is 21.9. The van der Waals surface area contributed by atoms with Crippen molar-refractivity contribution in [1.82, 2.24) is 9.80 Å². The van der Waals surface area contributed by atoms with Gasteiger partial charge in [0.1, 0.15) is 9.84 Å². The van der Waals surface area contributed by atoms with E-state index in [0.29, 0.717) is 51.4 Å². The summed E-state index contributed by atoms with van der Waals surface area (Å²) in [5.74, 6) is -0.497. The molecule has 6 nitrogen and oxygen atoms in total. The number of likely N-dealkylation sites (tertiary alicyclic amines) is 1. The van der Waals surface area contributed by atoms with Crippen molar-refractivity contribution in [2.24, 2.45) is 5.92 Å². The maximum Gasteiger partial charge on any atom is 0.416 e. The largest absolute Gasteiger partial charge is 0.416 e. The number of sulfone groups is 1. The second-order valence-corrected chi connectivity index (χ2v) is 10.3.